The Kier molecular flexibility index (Phi) is 7.48. The zero-order chi connectivity index (χ0) is 18.9. The first-order chi connectivity index (χ1) is 12.5. The fourth-order valence-corrected chi connectivity index (χ4v) is 2.43. The third-order valence-electron chi connectivity index (χ3n) is 3.59. The molecule has 1 aromatic heterocycles. The quantitative estimate of drug-likeness (QED) is 0.726. The van der Waals surface area contributed by atoms with Crippen LogP contribution in [0.15, 0.2) is 42.6 Å². The molecule has 0 aliphatic heterocycles. The van der Waals surface area contributed by atoms with Gasteiger partial charge in [0, 0.05) is 31.8 Å². The molecule has 5 nitrogen and oxygen atoms in total. The van der Waals surface area contributed by atoms with Gasteiger partial charge in [0.25, 0.3) is 0 Å². The maximum absolute atomic E-state index is 11.3. The van der Waals surface area contributed by atoms with E-state index in [0.717, 1.165) is 5.56 Å². The van der Waals surface area contributed by atoms with Crippen LogP contribution in [0.3, 0.4) is 0 Å². The zero-order valence-electron chi connectivity index (χ0n) is 15.2. The fraction of sp³-hybridized carbons (Fsp3) is 0.300. The van der Waals surface area contributed by atoms with Gasteiger partial charge in [0.05, 0.1) is 11.6 Å². The van der Waals surface area contributed by atoms with Crippen LogP contribution in [0.5, 0.6) is 17.4 Å². The monoisotopic (exact) mass is 374 g/mol. The van der Waals surface area contributed by atoms with E-state index in [9.17, 15) is 4.79 Å². The van der Waals surface area contributed by atoms with Crippen LogP contribution < -0.4 is 14.8 Å². The van der Waals surface area contributed by atoms with E-state index in [2.05, 4.69) is 10.3 Å². The molecule has 2 rings (SSSR count). The summed E-state index contributed by atoms with van der Waals surface area (Å²) >= 11 is 6.21. The SMILES string of the molecule is CCOc1ccc(Oc2ccc(/C=C/[C@H](C)CC(=O)NC)cn2)c(Cl)c1. The number of rotatable bonds is 8. The molecule has 0 saturated carbocycles. The van der Waals surface area contributed by atoms with Crippen molar-refractivity contribution in [3.8, 4) is 17.4 Å². The lowest BCUT2D eigenvalue weighted by molar-refractivity contribution is -0.121. The van der Waals surface area contributed by atoms with Crippen molar-refractivity contribution in [1.29, 1.82) is 0 Å². The molecule has 0 spiro atoms. The Hall–Kier alpha value is -2.53. The van der Waals surface area contributed by atoms with Gasteiger partial charge in [0.15, 0.2) is 0 Å². The summed E-state index contributed by atoms with van der Waals surface area (Å²) in [5, 5.41) is 3.08. The number of hydrogen-bond donors (Lipinski definition) is 1. The second kappa shape index (κ2) is 9.82. The highest BCUT2D eigenvalue weighted by molar-refractivity contribution is 6.32. The van der Waals surface area contributed by atoms with Crippen LogP contribution in [0.2, 0.25) is 5.02 Å². The number of carbonyl (C=O) groups is 1. The van der Waals surface area contributed by atoms with Crippen molar-refractivity contribution < 1.29 is 14.3 Å². The van der Waals surface area contributed by atoms with Gasteiger partial charge >= 0.3 is 0 Å². The van der Waals surface area contributed by atoms with Gasteiger partial charge in [-0.05, 0) is 36.6 Å². The number of halogens is 1. The van der Waals surface area contributed by atoms with Crippen molar-refractivity contribution in [3.05, 3.63) is 53.2 Å². The number of pyridine rings is 1. The summed E-state index contributed by atoms with van der Waals surface area (Å²) in [5.41, 5.74) is 0.930. The third kappa shape index (κ3) is 6.08. The van der Waals surface area contributed by atoms with Crippen molar-refractivity contribution >= 4 is 23.6 Å². The average molecular weight is 375 g/mol. The van der Waals surface area contributed by atoms with Gasteiger partial charge in [-0.1, -0.05) is 30.7 Å². The number of amides is 1. The van der Waals surface area contributed by atoms with Crippen LogP contribution in [0.1, 0.15) is 25.8 Å². The van der Waals surface area contributed by atoms with E-state index < -0.39 is 0 Å². The highest BCUT2D eigenvalue weighted by Crippen LogP contribution is 2.31. The van der Waals surface area contributed by atoms with Gasteiger partial charge < -0.3 is 14.8 Å². The molecular formula is C20H23ClN2O3. The largest absolute Gasteiger partial charge is 0.494 e. The minimum absolute atomic E-state index is 0.0243. The number of hydrogen-bond acceptors (Lipinski definition) is 4. The summed E-state index contributed by atoms with van der Waals surface area (Å²) in [6.45, 7) is 4.48. The summed E-state index contributed by atoms with van der Waals surface area (Å²) in [6, 6.07) is 8.94. The molecule has 1 aromatic carbocycles. The minimum atomic E-state index is 0.0243. The molecule has 0 radical (unpaired) electrons. The molecule has 1 heterocycles. The van der Waals surface area contributed by atoms with E-state index in [0.29, 0.717) is 35.4 Å². The lowest BCUT2D eigenvalue weighted by Gasteiger charge is -2.09. The number of carbonyl (C=O) groups excluding carboxylic acids is 1. The van der Waals surface area contributed by atoms with Gasteiger partial charge in [-0.3, -0.25) is 4.79 Å². The smallest absolute Gasteiger partial charge is 0.220 e. The summed E-state index contributed by atoms with van der Waals surface area (Å²) in [6.07, 6.45) is 6.09. The van der Waals surface area contributed by atoms with Gasteiger partial charge in [-0.25, -0.2) is 4.98 Å². The Bertz CT molecular complexity index is 760. The van der Waals surface area contributed by atoms with E-state index in [-0.39, 0.29) is 11.8 Å². The molecule has 0 aliphatic carbocycles. The number of aromatic nitrogens is 1. The lowest BCUT2D eigenvalue weighted by Crippen LogP contribution is -2.19. The summed E-state index contributed by atoms with van der Waals surface area (Å²) < 4.78 is 11.1. The second-order valence-electron chi connectivity index (χ2n) is 5.77. The van der Waals surface area contributed by atoms with Crippen LogP contribution in [0.4, 0.5) is 0 Å². The van der Waals surface area contributed by atoms with E-state index in [1.165, 1.54) is 0 Å². The van der Waals surface area contributed by atoms with Gasteiger partial charge in [-0.2, -0.15) is 0 Å². The number of nitrogens with zero attached hydrogens (tertiary/aromatic N) is 1. The predicted molar refractivity (Wildman–Crippen MR) is 104 cm³/mol. The lowest BCUT2D eigenvalue weighted by atomic mass is 10.1. The topological polar surface area (TPSA) is 60.5 Å². The Morgan fingerprint density at radius 1 is 1.35 bits per heavy atom. The highest BCUT2D eigenvalue weighted by atomic mass is 35.5. The normalized spacial score (nSPS) is 12.0. The second-order valence-corrected chi connectivity index (χ2v) is 6.18. The van der Waals surface area contributed by atoms with E-state index in [1.54, 1.807) is 37.5 Å². The Morgan fingerprint density at radius 2 is 2.15 bits per heavy atom. The molecule has 0 fully saturated rings. The molecule has 0 bridgehead atoms. The molecule has 1 atom stereocenters. The van der Waals surface area contributed by atoms with Crippen LogP contribution in [-0.4, -0.2) is 24.5 Å². The predicted octanol–water partition coefficient (Wildman–Crippen LogP) is 4.71. The van der Waals surface area contributed by atoms with Gasteiger partial charge in [0.2, 0.25) is 11.8 Å². The van der Waals surface area contributed by atoms with Crippen LogP contribution in [-0.2, 0) is 4.79 Å². The Balaban J connectivity index is 1.98. The molecule has 0 saturated heterocycles. The van der Waals surface area contributed by atoms with E-state index in [4.69, 9.17) is 21.1 Å². The maximum Gasteiger partial charge on any atom is 0.220 e. The van der Waals surface area contributed by atoms with Crippen molar-refractivity contribution in [2.75, 3.05) is 13.7 Å². The van der Waals surface area contributed by atoms with Gasteiger partial charge in [0.1, 0.15) is 11.5 Å². The summed E-state index contributed by atoms with van der Waals surface area (Å²) in [5.74, 6) is 1.84. The average Bonchev–Trinajstić information content (AvgIpc) is 2.63. The van der Waals surface area contributed by atoms with E-state index in [1.807, 2.05) is 32.1 Å². The number of benzene rings is 1. The summed E-state index contributed by atoms with van der Waals surface area (Å²) in [4.78, 5) is 15.6. The van der Waals surface area contributed by atoms with E-state index >= 15 is 0 Å². The van der Waals surface area contributed by atoms with Crippen LogP contribution in [0, 0.1) is 5.92 Å². The molecule has 1 N–H and O–H groups in total. The first-order valence-corrected chi connectivity index (χ1v) is 8.84. The fourth-order valence-electron chi connectivity index (χ4n) is 2.22. The number of nitrogens with one attached hydrogen (secondary N) is 1. The molecule has 26 heavy (non-hydrogen) atoms. The maximum atomic E-state index is 11.3. The highest BCUT2D eigenvalue weighted by Gasteiger charge is 2.07. The Labute approximate surface area is 159 Å². The standard InChI is InChI=1S/C20H23ClN2O3/c1-4-25-16-8-9-18(17(21)12-16)26-20-10-7-15(13-23-20)6-5-14(2)11-19(24)22-3/h5-10,12-14H,4,11H2,1-3H3,(H,22,24)/b6-5+/t14-/m0/s1. The van der Waals surface area contributed by atoms with Crippen LogP contribution in [0.25, 0.3) is 6.08 Å². The van der Waals surface area contributed by atoms with Crippen molar-refractivity contribution in [1.82, 2.24) is 10.3 Å². The summed E-state index contributed by atoms with van der Waals surface area (Å²) in [7, 11) is 1.64. The molecule has 1 amide bonds. The van der Waals surface area contributed by atoms with Crippen LogP contribution >= 0.6 is 11.6 Å². The zero-order valence-corrected chi connectivity index (χ0v) is 15.9. The van der Waals surface area contributed by atoms with Crippen molar-refractivity contribution in [2.24, 2.45) is 5.92 Å². The molecule has 138 valence electrons. The van der Waals surface area contributed by atoms with Crippen molar-refractivity contribution in [3.63, 3.8) is 0 Å². The molecular weight excluding hydrogens is 352 g/mol. The Morgan fingerprint density at radius 3 is 2.77 bits per heavy atom. The number of allylic oxidation sites excluding steroid dienone is 1. The molecule has 6 heteroatoms. The molecule has 0 unspecified atom stereocenters. The van der Waals surface area contributed by atoms with Gasteiger partial charge in [-0.15, -0.1) is 0 Å². The first-order valence-electron chi connectivity index (χ1n) is 8.46. The first kappa shape index (κ1) is 19.8. The number of ether oxygens (including phenoxy) is 2. The molecule has 2 aromatic rings. The molecule has 0 aliphatic rings. The minimum Gasteiger partial charge on any atom is -0.494 e. The third-order valence-corrected chi connectivity index (χ3v) is 3.89. The van der Waals surface area contributed by atoms with Crippen molar-refractivity contribution in [2.45, 2.75) is 20.3 Å².